The number of hydrogen-bond donors (Lipinski definition) is 3. The number of likely N-dealkylation sites (tertiary alicyclic amines) is 1. The number of nitrogens with one attached hydrogen (secondary N) is 2. The summed E-state index contributed by atoms with van der Waals surface area (Å²) in [4.78, 5) is 14.3. The van der Waals surface area contributed by atoms with E-state index in [0.29, 0.717) is 16.5 Å². The summed E-state index contributed by atoms with van der Waals surface area (Å²) in [6.07, 6.45) is 0.677. The van der Waals surface area contributed by atoms with Crippen molar-refractivity contribution >= 4 is 39.9 Å². The van der Waals surface area contributed by atoms with E-state index in [4.69, 9.17) is 0 Å². The molecular formula is C21H23F3IN3O2. The molecule has 3 rings (SSSR count). The molecule has 0 aromatic heterocycles. The Morgan fingerprint density at radius 1 is 1.20 bits per heavy atom. The minimum Gasteiger partial charge on any atom is -0.385 e. The Kier molecular flexibility index (Phi) is 6.93. The summed E-state index contributed by atoms with van der Waals surface area (Å²) in [5, 5.41) is 16.5. The van der Waals surface area contributed by atoms with Crippen LogP contribution < -0.4 is 10.6 Å². The van der Waals surface area contributed by atoms with Gasteiger partial charge in [0.25, 0.3) is 5.91 Å². The number of carbonyl (C=O) groups is 1. The van der Waals surface area contributed by atoms with Crippen molar-refractivity contribution in [3.8, 4) is 0 Å². The van der Waals surface area contributed by atoms with Crippen molar-refractivity contribution < 1.29 is 23.1 Å². The first-order chi connectivity index (χ1) is 14.2. The Morgan fingerprint density at radius 3 is 2.50 bits per heavy atom. The zero-order valence-electron chi connectivity index (χ0n) is 16.6. The molecule has 0 saturated carbocycles. The number of benzene rings is 2. The van der Waals surface area contributed by atoms with Crippen LogP contribution in [0.1, 0.15) is 30.6 Å². The van der Waals surface area contributed by atoms with E-state index in [1.54, 1.807) is 6.07 Å². The van der Waals surface area contributed by atoms with Crippen LogP contribution in [-0.2, 0) is 0 Å². The molecule has 0 bridgehead atoms. The second-order valence-electron chi connectivity index (χ2n) is 7.32. The van der Waals surface area contributed by atoms with Gasteiger partial charge < -0.3 is 20.6 Å². The topological polar surface area (TPSA) is 64.6 Å². The molecule has 1 aliphatic heterocycles. The van der Waals surface area contributed by atoms with Gasteiger partial charge in [-0.25, -0.2) is 13.2 Å². The van der Waals surface area contributed by atoms with Crippen molar-refractivity contribution in [2.24, 2.45) is 0 Å². The third-order valence-corrected chi connectivity index (χ3v) is 5.91. The maximum atomic E-state index is 14.5. The Hall–Kier alpha value is -1.85. The van der Waals surface area contributed by atoms with Crippen LogP contribution in [0.25, 0.3) is 0 Å². The third kappa shape index (κ3) is 4.42. The zero-order chi connectivity index (χ0) is 22.1. The van der Waals surface area contributed by atoms with E-state index >= 15 is 0 Å². The van der Waals surface area contributed by atoms with Gasteiger partial charge in [-0.15, -0.1) is 0 Å². The van der Waals surface area contributed by atoms with Crippen molar-refractivity contribution in [3.05, 3.63) is 56.9 Å². The van der Waals surface area contributed by atoms with Gasteiger partial charge in [-0.1, -0.05) is 13.8 Å². The molecular weight excluding hydrogens is 510 g/mol. The maximum Gasteiger partial charge on any atom is 0.256 e. The Bertz CT molecular complexity index is 951. The summed E-state index contributed by atoms with van der Waals surface area (Å²) in [5.41, 5.74) is -1.73. The maximum absolute atomic E-state index is 14.5. The Labute approximate surface area is 186 Å². The summed E-state index contributed by atoms with van der Waals surface area (Å²) in [6.45, 7) is 4.66. The van der Waals surface area contributed by atoms with Crippen LogP contribution in [0, 0.1) is 21.0 Å². The molecule has 1 fully saturated rings. The van der Waals surface area contributed by atoms with Crippen LogP contribution in [-0.4, -0.2) is 47.2 Å². The minimum atomic E-state index is -1.27. The van der Waals surface area contributed by atoms with Crippen molar-refractivity contribution in [2.75, 3.05) is 25.0 Å². The molecule has 9 heteroatoms. The van der Waals surface area contributed by atoms with Crippen molar-refractivity contribution in [3.63, 3.8) is 0 Å². The van der Waals surface area contributed by atoms with Crippen molar-refractivity contribution in [1.82, 2.24) is 10.2 Å². The number of carbonyl (C=O) groups excluding carboxylic acids is 1. The fourth-order valence-corrected chi connectivity index (χ4v) is 4.14. The van der Waals surface area contributed by atoms with E-state index in [0.717, 1.165) is 12.1 Å². The van der Waals surface area contributed by atoms with Gasteiger partial charge in [-0.3, -0.25) is 4.79 Å². The number of likely N-dealkylation sites (N-methyl/N-ethyl adjacent to an activating group) is 1. The quantitative estimate of drug-likeness (QED) is 0.471. The molecule has 0 spiro atoms. The van der Waals surface area contributed by atoms with E-state index in [2.05, 4.69) is 10.6 Å². The van der Waals surface area contributed by atoms with Crippen LogP contribution in [0.15, 0.2) is 30.3 Å². The zero-order valence-corrected chi connectivity index (χ0v) is 18.8. The summed E-state index contributed by atoms with van der Waals surface area (Å²) in [7, 11) is 0. The van der Waals surface area contributed by atoms with Crippen LogP contribution in [0.2, 0.25) is 0 Å². The molecule has 162 valence electrons. The second kappa shape index (κ2) is 9.11. The number of rotatable bonds is 7. The lowest BCUT2D eigenvalue weighted by Crippen LogP contribution is -2.71. The number of anilines is 2. The van der Waals surface area contributed by atoms with Gasteiger partial charge in [0.1, 0.15) is 11.4 Å². The molecule has 1 unspecified atom stereocenters. The highest BCUT2D eigenvalue weighted by atomic mass is 127. The van der Waals surface area contributed by atoms with Crippen molar-refractivity contribution in [1.29, 1.82) is 0 Å². The summed E-state index contributed by atoms with van der Waals surface area (Å²) < 4.78 is 43.3. The smallest absolute Gasteiger partial charge is 0.256 e. The highest BCUT2D eigenvalue weighted by Gasteiger charge is 2.48. The molecule has 2 aromatic rings. The lowest BCUT2D eigenvalue weighted by atomic mass is 9.84. The first-order valence-electron chi connectivity index (χ1n) is 9.65. The summed E-state index contributed by atoms with van der Waals surface area (Å²) in [5.74, 6) is -3.65. The second-order valence-corrected chi connectivity index (χ2v) is 8.56. The Balaban J connectivity index is 1.86. The monoisotopic (exact) mass is 533 g/mol. The summed E-state index contributed by atoms with van der Waals surface area (Å²) >= 11 is 1.93. The first kappa shape index (κ1) is 22.8. The molecule has 0 radical (unpaired) electrons. The summed E-state index contributed by atoms with van der Waals surface area (Å²) in [6, 6.07) is 6.06. The van der Waals surface area contributed by atoms with E-state index in [9.17, 15) is 23.1 Å². The lowest BCUT2D eigenvalue weighted by Gasteiger charge is -2.50. The molecule has 3 N–H and O–H groups in total. The van der Waals surface area contributed by atoms with Crippen LogP contribution in [0.3, 0.4) is 0 Å². The number of halogens is 4. The van der Waals surface area contributed by atoms with E-state index in [1.165, 1.54) is 17.0 Å². The molecule has 0 aliphatic carbocycles. The van der Waals surface area contributed by atoms with Crippen LogP contribution in [0.4, 0.5) is 24.5 Å². The molecule has 2 aromatic carbocycles. The van der Waals surface area contributed by atoms with Gasteiger partial charge in [-0.05, 0) is 65.9 Å². The third-order valence-electron chi connectivity index (χ3n) is 5.24. The molecule has 1 atom stereocenters. The predicted molar refractivity (Wildman–Crippen MR) is 117 cm³/mol. The van der Waals surface area contributed by atoms with E-state index < -0.39 is 34.6 Å². The highest BCUT2D eigenvalue weighted by molar-refractivity contribution is 14.1. The van der Waals surface area contributed by atoms with Crippen LogP contribution in [0.5, 0.6) is 0 Å². The normalized spacial score (nSPS) is 16.2. The molecule has 1 amide bonds. The molecule has 5 nitrogen and oxygen atoms in total. The number of nitrogens with zero attached hydrogens (tertiary/aromatic N) is 1. The van der Waals surface area contributed by atoms with Crippen molar-refractivity contribution in [2.45, 2.75) is 31.9 Å². The van der Waals surface area contributed by atoms with Gasteiger partial charge in [-0.2, -0.15) is 0 Å². The number of amides is 1. The predicted octanol–water partition coefficient (Wildman–Crippen LogP) is 4.03. The van der Waals surface area contributed by atoms with Gasteiger partial charge in [0, 0.05) is 9.61 Å². The molecule has 30 heavy (non-hydrogen) atoms. The van der Waals surface area contributed by atoms with Gasteiger partial charge >= 0.3 is 0 Å². The molecule has 1 saturated heterocycles. The number of β-amino-alcohol motifs (C(OH)–C–C–N with tert-alkyl or cyclic N) is 1. The number of hydrogen-bond acceptors (Lipinski definition) is 4. The SMILES string of the molecule is CCNC(CC)C1(O)CN(C(=O)c2ccc(F)c(F)c2Nc2ccc(I)cc2F)C1. The molecule has 1 aliphatic rings. The largest absolute Gasteiger partial charge is 0.385 e. The lowest BCUT2D eigenvalue weighted by molar-refractivity contribution is -0.104. The fraction of sp³-hybridized carbons (Fsp3) is 0.381. The standard InChI is InChI=1S/C21H23F3IN3O2/c1-3-17(26-4-2)21(30)10-28(11-21)20(29)13-6-7-14(22)18(24)19(13)27-16-8-5-12(25)9-15(16)23/h5-9,17,26-27,30H,3-4,10-11H2,1-2H3. The van der Waals surface area contributed by atoms with E-state index in [-0.39, 0.29) is 30.4 Å². The van der Waals surface area contributed by atoms with Crippen LogP contribution >= 0.6 is 22.6 Å². The molecule has 1 heterocycles. The van der Waals surface area contributed by atoms with Gasteiger partial charge in [0.2, 0.25) is 0 Å². The van der Waals surface area contributed by atoms with E-state index in [1.807, 2.05) is 36.4 Å². The minimum absolute atomic E-state index is 0.0632. The average molecular weight is 533 g/mol. The van der Waals surface area contributed by atoms with Gasteiger partial charge in [0.05, 0.1) is 30.0 Å². The number of aliphatic hydroxyl groups is 1. The highest BCUT2D eigenvalue weighted by Crippen LogP contribution is 2.33. The van der Waals surface area contributed by atoms with Gasteiger partial charge in [0.15, 0.2) is 11.6 Å². The first-order valence-corrected chi connectivity index (χ1v) is 10.7. The fourth-order valence-electron chi connectivity index (χ4n) is 3.69. The average Bonchev–Trinajstić information content (AvgIpc) is 2.68. The Morgan fingerprint density at radius 2 is 1.90 bits per heavy atom.